The highest BCUT2D eigenvalue weighted by molar-refractivity contribution is 6.04. The zero-order valence-corrected chi connectivity index (χ0v) is 27.4. The Bertz CT molecular complexity index is 1320. The molecule has 1 amide bonds. The van der Waals surface area contributed by atoms with Crippen molar-refractivity contribution in [2.24, 2.45) is 23.2 Å². The first-order chi connectivity index (χ1) is 22.6. The number of anilines is 1. The van der Waals surface area contributed by atoms with Crippen molar-refractivity contribution in [2.75, 3.05) is 71.1 Å². The summed E-state index contributed by atoms with van der Waals surface area (Å²) in [6, 6.07) is 16.1. The van der Waals surface area contributed by atoms with E-state index in [1.807, 2.05) is 36.4 Å². The fraction of sp³-hybridized carbons (Fsp3) is 0.615. The Labute approximate surface area is 275 Å². The first-order valence-corrected chi connectivity index (χ1v) is 17.8. The topological polar surface area (TPSA) is 63.3 Å². The Morgan fingerprint density at radius 1 is 0.826 bits per heavy atom. The number of hydrogen-bond donors (Lipinski definition) is 1. The lowest BCUT2D eigenvalue weighted by molar-refractivity contribution is -0.0509. The van der Waals surface area contributed by atoms with Crippen LogP contribution in [0.3, 0.4) is 0 Å². The van der Waals surface area contributed by atoms with Gasteiger partial charge < -0.3 is 19.5 Å². The summed E-state index contributed by atoms with van der Waals surface area (Å²) < 4.78 is 17.1. The molecule has 0 spiro atoms. The van der Waals surface area contributed by atoms with E-state index in [2.05, 4.69) is 39.1 Å². The first kappa shape index (κ1) is 31.8. The molecule has 0 unspecified atom stereocenters. The second-order valence-electron chi connectivity index (χ2n) is 14.6. The van der Waals surface area contributed by atoms with E-state index in [-0.39, 0.29) is 11.3 Å². The summed E-state index contributed by atoms with van der Waals surface area (Å²) in [5.74, 6) is 9.90. The molecule has 0 atom stereocenters. The molecule has 246 valence electrons. The molecule has 4 saturated carbocycles. The second-order valence-corrected chi connectivity index (χ2v) is 14.6. The summed E-state index contributed by atoms with van der Waals surface area (Å²) in [5, 5.41) is 3.06. The van der Waals surface area contributed by atoms with Crippen molar-refractivity contribution >= 4 is 11.6 Å². The molecule has 46 heavy (non-hydrogen) atoms. The zero-order chi connectivity index (χ0) is 31.2. The number of benzene rings is 2. The van der Waals surface area contributed by atoms with Crippen molar-refractivity contribution in [2.45, 2.75) is 64.0 Å². The van der Waals surface area contributed by atoms with Crippen LogP contribution in [0.1, 0.15) is 72.9 Å². The maximum absolute atomic E-state index is 13.0. The van der Waals surface area contributed by atoms with Crippen molar-refractivity contribution in [3.63, 3.8) is 0 Å². The predicted molar refractivity (Wildman–Crippen MR) is 181 cm³/mol. The molecule has 7 nitrogen and oxygen atoms in total. The first-order valence-electron chi connectivity index (χ1n) is 17.8. The molecule has 2 aromatic rings. The third-order valence-corrected chi connectivity index (χ3v) is 11.0. The fourth-order valence-corrected chi connectivity index (χ4v) is 8.91. The van der Waals surface area contributed by atoms with E-state index in [4.69, 9.17) is 14.2 Å². The monoisotopic (exact) mass is 625 g/mol. The number of hydrogen-bond acceptors (Lipinski definition) is 6. The van der Waals surface area contributed by atoms with E-state index >= 15 is 0 Å². The predicted octanol–water partition coefficient (Wildman–Crippen LogP) is 5.84. The summed E-state index contributed by atoms with van der Waals surface area (Å²) in [4.78, 5) is 17.9. The van der Waals surface area contributed by atoms with Gasteiger partial charge in [0.25, 0.3) is 5.91 Å². The molecule has 1 N–H and O–H groups in total. The zero-order valence-electron chi connectivity index (χ0n) is 27.4. The minimum absolute atomic E-state index is 0.0788. The van der Waals surface area contributed by atoms with E-state index < -0.39 is 0 Å². The van der Waals surface area contributed by atoms with Gasteiger partial charge in [0, 0.05) is 74.7 Å². The van der Waals surface area contributed by atoms with E-state index in [9.17, 15) is 4.79 Å². The van der Waals surface area contributed by atoms with Crippen molar-refractivity contribution in [1.29, 1.82) is 0 Å². The van der Waals surface area contributed by atoms with Gasteiger partial charge in [-0.25, -0.2) is 0 Å². The number of ether oxygens (including phenoxy) is 3. The van der Waals surface area contributed by atoms with Gasteiger partial charge in [0.2, 0.25) is 0 Å². The molecule has 0 radical (unpaired) electrons. The number of nitrogens with zero attached hydrogens (tertiary/aromatic N) is 2. The van der Waals surface area contributed by atoms with Crippen LogP contribution in [0.15, 0.2) is 48.5 Å². The molecule has 2 saturated heterocycles. The SMILES string of the molecule is O=C(Nc1ccc(C#CC23CC4CC(CC(C4)C2)C3)cc1)c1ccc(CN2CCN(CCOCCOC3CCOCC3)CC2)cc1. The number of rotatable bonds is 11. The van der Waals surface area contributed by atoms with E-state index in [0.717, 1.165) is 101 Å². The van der Waals surface area contributed by atoms with Crippen molar-refractivity contribution in [3.8, 4) is 11.8 Å². The summed E-state index contributed by atoms with van der Waals surface area (Å²) in [6.07, 6.45) is 10.6. The molecule has 2 heterocycles. The van der Waals surface area contributed by atoms with Gasteiger partial charge in [-0.05, 0) is 111 Å². The van der Waals surface area contributed by atoms with Crippen LogP contribution < -0.4 is 5.32 Å². The lowest BCUT2D eigenvalue weighted by Crippen LogP contribution is -2.46. The molecule has 7 heteroatoms. The van der Waals surface area contributed by atoms with Gasteiger partial charge in [0.1, 0.15) is 0 Å². The Morgan fingerprint density at radius 3 is 2.15 bits per heavy atom. The highest BCUT2D eigenvalue weighted by Crippen LogP contribution is 2.59. The second kappa shape index (κ2) is 15.0. The molecule has 4 aliphatic carbocycles. The van der Waals surface area contributed by atoms with Crippen molar-refractivity contribution < 1.29 is 19.0 Å². The molecular formula is C39H51N3O4. The van der Waals surface area contributed by atoms with Crippen LogP contribution in [-0.2, 0) is 20.8 Å². The highest BCUT2D eigenvalue weighted by atomic mass is 16.5. The van der Waals surface area contributed by atoms with Crippen LogP contribution in [0.25, 0.3) is 0 Å². The van der Waals surface area contributed by atoms with Crippen LogP contribution >= 0.6 is 0 Å². The van der Waals surface area contributed by atoms with Gasteiger partial charge in [-0.2, -0.15) is 0 Å². The molecule has 8 rings (SSSR count). The van der Waals surface area contributed by atoms with Gasteiger partial charge in [0.05, 0.1) is 25.9 Å². The van der Waals surface area contributed by atoms with Gasteiger partial charge in [0.15, 0.2) is 0 Å². The Morgan fingerprint density at radius 2 is 1.48 bits per heavy atom. The summed E-state index contributed by atoms with van der Waals surface area (Å²) in [7, 11) is 0. The van der Waals surface area contributed by atoms with Crippen LogP contribution in [0.4, 0.5) is 5.69 Å². The number of amides is 1. The fourth-order valence-electron chi connectivity index (χ4n) is 8.91. The molecule has 2 aliphatic heterocycles. The standard InChI is InChI=1S/C39H51N3O4/c43-38(40-36-7-3-30(4-8-36)9-12-39-26-32-23-33(27-39)25-34(24-32)28-39)35-5-1-31(2-6-35)29-42-15-13-41(14-16-42)17-20-45-21-22-46-37-10-18-44-19-11-37/h1-8,32-34,37H,10-11,13-29H2,(H,40,43). The summed E-state index contributed by atoms with van der Waals surface area (Å²) in [6.45, 7) is 9.76. The van der Waals surface area contributed by atoms with Crippen molar-refractivity contribution in [1.82, 2.24) is 9.80 Å². The lowest BCUT2D eigenvalue weighted by Gasteiger charge is -2.54. The average Bonchev–Trinajstić information content (AvgIpc) is 3.07. The van der Waals surface area contributed by atoms with Gasteiger partial charge >= 0.3 is 0 Å². The summed E-state index contributed by atoms with van der Waals surface area (Å²) >= 11 is 0. The van der Waals surface area contributed by atoms with Crippen molar-refractivity contribution in [3.05, 3.63) is 65.2 Å². The summed E-state index contributed by atoms with van der Waals surface area (Å²) in [5.41, 5.74) is 4.02. The normalized spacial score (nSPS) is 28.1. The number of carbonyl (C=O) groups is 1. The minimum Gasteiger partial charge on any atom is -0.381 e. The largest absolute Gasteiger partial charge is 0.381 e. The van der Waals surface area contributed by atoms with E-state index in [1.54, 1.807) is 0 Å². The minimum atomic E-state index is -0.0788. The van der Waals surface area contributed by atoms with E-state index in [0.29, 0.717) is 24.9 Å². The molecule has 6 fully saturated rings. The third-order valence-electron chi connectivity index (χ3n) is 11.0. The Balaban J connectivity index is 0.798. The number of piperazine rings is 1. The van der Waals surface area contributed by atoms with Gasteiger partial charge in [-0.3, -0.25) is 14.6 Å². The number of nitrogens with one attached hydrogen (secondary N) is 1. The quantitative estimate of drug-likeness (QED) is 0.250. The van der Waals surface area contributed by atoms with Crippen LogP contribution in [0.5, 0.6) is 0 Å². The molecule has 4 bridgehead atoms. The molecular weight excluding hydrogens is 574 g/mol. The van der Waals surface area contributed by atoms with E-state index in [1.165, 1.54) is 44.1 Å². The van der Waals surface area contributed by atoms with Crippen LogP contribution in [-0.4, -0.2) is 87.6 Å². The molecule has 2 aromatic carbocycles. The Hall–Kier alpha value is -2.73. The average molecular weight is 626 g/mol. The maximum Gasteiger partial charge on any atom is 0.255 e. The van der Waals surface area contributed by atoms with Gasteiger partial charge in [-0.1, -0.05) is 24.0 Å². The van der Waals surface area contributed by atoms with Crippen LogP contribution in [0, 0.1) is 35.0 Å². The van der Waals surface area contributed by atoms with Gasteiger partial charge in [-0.15, -0.1) is 0 Å². The molecule has 6 aliphatic rings. The lowest BCUT2D eigenvalue weighted by atomic mass is 9.50. The Kier molecular flexibility index (Phi) is 10.4. The highest BCUT2D eigenvalue weighted by Gasteiger charge is 2.50. The molecule has 0 aromatic heterocycles. The van der Waals surface area contributed by atoms with Crippen LogP contribution in [0.2, 0.25) is 0 Å². The number of carbonyl (C=O) groups excluding carboxylic acids is 1. The smallest absolute Gasteiger partial charge is 0.255 e. The third kappa shape index (κ3) is 8.40. The maximum atomic E-state index is 13.0.